The van der Waals surface area contributed by atoms with Gasteiger partial charge in [-0.1, -0.05) is 54.6 Å². The van der Waals surface area contributed by atoms with Gasteiger partial charge in [0.2, 0.25) is 11.8 Å². The van der Waals surface area contributed by atoms with Gasteiger partial charge in [-0.25, -0.2) is 15.0 Å². The van der Waals surface area contributed by atoms with E-state index in [0.717, 1.165) is 44.8 Å². The quantitative estimate of drug-likeness (QED) is 0.252. The highest BCUT2D eigenvalue weighted by Gasteiger charge is 2.16. The Kier molecular flexibility index (Phi) is 6.49. The third kappa shape index (κ3) is 4.83. The predicted octanol–water partition coefficient (Wildman–Crippen LogP) is 6.75. The summed E-state index contributed by atoms with van der Waals surface area (Å²) in [5.41, 5.74) is 4.35. The number of hydrogen-bond acceptors (Lipinski definition) is 8. The standard InChI is InChI=1S/C31H25N7O/c1-32-31-34-20-18-27(35-31)26-13-8-19-33-30(26)39-23-16-14-22(15-17-23)38(2)29-25-12-7-6-11-24(25)28(36-37-29)21-9-4-3-5-10-21/h3-20H,1-2H3,(H,32,34,35). The highest BCUT2D eigenvalue weighted by Crippen LogP contribution is 2.35. The first-order valence-corrected chi connectivity index (χ1v) is 12.5. The van der Waals surface area contributed by atoms with Gasteiger partial charge in [0.15, 0.2) is 5.82 Å². The van der Waals surface area contributed by atoms with E-state index < -0.39 is 0 Å². The number of anilines is 3. The third-order valence-electron chi connectivity index (χ3n) is 6.40. The van der Waals surface area contributed by atoms with E-state index in [9.17, 15) is 0 Å². The molecular formula is C31H25N7O. The molecule has 0 aliphatic carbocycles. The van der Waals surface area contributed by atoms with Crippen LogP contribution in [0.4, 0.5) is 17.5 Å². The number of ether oxygens (including phenoxy) is 1. The van der Waals surface area contributed by atoms with Crippen molar-refractivity contribution in [1.29, 1.82) is 0 Å². The van der Waals surface area contributed by atoms with Crippen molar-refractivity contribution in [3.63, 3.8) is 0 Å². The second kappa shape index (κ2) is 10.5. The lowest BCUT2D eigenvalue weighted by Gasteiger charge is -2.21. The number of pyridine rings is 1. The molecule has 0 amide bonds. The van der Waals surface area contributed by atoms with Gasteiger partial charge in [0.1, 0.15) is 11.4 Å². The fourth-order valence-electron chi connectivity index (χ4n) is 4.41. The Bertz CT molecular complexity index is 1740. The number of aromatic nitrogens is 5. The van der Waals surface area contributed by atoms with Crippen molar-refractivity contribution in [2.75, 3.05) is 24.3 Å². The van der Waals surface area contributed by atoms with Gasteiger partial charge in [-0.15, -0.1) is 10.2 Å². The van der Waals surface area contributed by atoms with Gasteiger partial charge in [-0.2, -0.15) is 0 Å². The molecule has 8 nitrogen and oxygen atoms in total. The Balaban J connectivity index is 1.28. The lowest BCUT2D eigenvalue weighted by Crippen LogP contribution is -2.12. The van der Waals surface area contributed by atoms with E-state index in [1.54, 1.807) is 19.4 Å². The molecule has 0 saturated heterocycles. The Hall–Kier alpha value is -5.37. The van der Waals surface area contributed by atoms with Gasteiger partial charge >= 0.3 is 0 Å². The second-order valence-corrected chi connectivity index (χ2v) is 8.81. The summed E-state index contributed by atoms with van der Waals surface area (Å²) >= 11 is 0. The number of nitrogens with one attached hydrogen (secondary N) is 1. The normalized spacial score (nSPS) is 10.8. The lowest BCUT2D eigenvalue weighted by atomic mass is 10.0. The molecule has 0 unspecified atom stereocenters. The summed E-state index contributed by atoms with van der Waals surface area (Å²) in [5, 5.41) is 14.3. The van der Waals surface area contributed by atoms with Gasteiger partial charge in [-0.05, 0) is 42.5 Å². The molecule has 190 valence electrons. The molecule has 0 atom stereocenters. The molecule has 6 rings (SSSR count). The zero-order chi connectivity index (χ0) is 26.6. The molecule has 1 N–H and O–H groups in total. The molecule has 0 aliphatic rings. The molecule has 0 fully saturated rings. The van der Waals surface area contributed by atoms with Crippen molar-refractivity contribution in [3.8, 4) is 34.1 Å². The molecule has 6 aromatic rings. The summed E-state index contributed by atoms with van der Waals surface area (Å²) in [6.07, 6.45) is 3.40. The molecule has 0 saturated carbocycles. The average molecular weight is 512 g/mol. The number of hydrogen-bond donors (Lipinski definition) is 1. The first-order chi connectivity index (χ1) is 19.2. The zero-order valence-electron chi connectivity index (χ0n) is 21.5. The van der Waals surface area contributed by atoms with Crippen LogP contribution in [-0.2, 0) is 0 Å². The topological polar surface area (TPSA) is 89.0 Å². The van der Waals surface area contributed by atoms with Gasteiger partial charge in [0.25, 0.3) is 0 Å². The first-order valence-electron chi connectivity index (χ1n) is 12.5. The van der Waals surface area contributed by atoms with Gasteiger partial charge < -0.3 is 15.0 Å². The molecule has 3 heterocycles. The summed E-state index contributed by atoms with van der Waals surface area (Å²) in [4.78, 5) is 15.2. The summed E-state index contributed by atoms with van der Waals surface area (Å²) in [5.74, 6) is 2.43. The largest absolute Gasteiger partial charge is 0.438 e. The lowest BCUT2D eigenvalue weighted by molar-refractivity contribution is 0.465. The van der Waals surface area contributed by atoms with Crippen molar-refractivity contribution in [2.24, 2.45) is 0 Å². The smallest absolute Gasteiger partial charge is 0.228 e. The highest BCUT2D eigenvalue weighted by atomic mass is 16.5. The minimum atomic E-state index is 0.465. The average Bonchev–Trinajstić information content (AvgIpc) is 3.01. The maximum atomic E-state index is 6.17. The molecule has 0 spiro atoms. The van der Waals surface area contributed by atoms with Gasteiger partial charge in [-0.3, -0.25) is 0 Å². The zero-order valence-corrected chi connectivity index (χ0v) is 21.5. The minimum absolute atomic E-state index is 0.465. The Morgan fingerprint density at radius 2 is 1.49 bits per heavy atom. The van der Waals surface area contributed by atoms with Crippen molar-refractivity contribution in [3.05, 3.63) is 109 Å². The number of rotatable bonds is 7. The molecule has 0 bridgehead atoms. The summed E-state index contributed by atoms with van der Waals surface area (Å²) < 4.78 is 6.17. The Morgan fingerprint density at radius 1 is 0.718 bits per heavy atom. The van der Waals surface area contributed by atoms with E-state index in [-0.39, 0.29) is 0 Å². The number of benzene rings is 3. The van der Waals surface area contributed by atoms with Gasteiger partial charge in [0.05, 0.1) is 11.3 Å². The molecule has 0 radical (unpaired) electrons. The monoisotopic (exact) mass is 511 g/mol. The van der Waals surface area contributed by atoms with E-state index in [0.29, 0.717) is 17.6 Å². The van der Waals surface area contributed by atoms with Crippen LogP contribution in [0.5, 0.6) is 11.6 Å². The third-order valence-corrected chi connectivity index (χ3v) is 6.40. The summed E-state index contributed by atoms with van der Waals surface area (Å²) in [7, 11) is 3.77. The van der Waals surface area contributed by atoms with Crippen LogP contribution in [0.15, 0.2) is 109 Å². The summed E-state index contributed by atoms with van der Waals surface area (Å²) in [6, 6.07) is 31.8. The molecule has 0 aliphatic heterocycles. The first kappa shape index (κ1) is 24.0. The molecule has 3 aromatic heterocycles. The van der Waals surface area contributed by atoms with Crippen molar-refractivity contribution < 1.29 is 4.74 Å². The van der Waals surface area contributed by atoms with E-state index in [4.69, 9.17) is 4.74 Å². The Morgan fingerprint density at radius 3 is 2.28 bits per heavy atom. The van der Waals surface area contributed by atoms with Crippen LogP contribution in [0.1, 0.15) is 0 Å². The minimum Gasteiger partial charge on any atom is -0.438 e. The number of nitrogens with zero attached hydrogens (tertiary/aromatic N) is 6. The highest BCUT2D eigenvalue weighted by molar-refractivity contribution is 6.01. The van der Waals surface area contributed by atoms with E-state index in [1.807, 2.05) is 84.7 Å². The Labute approximate surface area is 226 Å². The fraction of sp³-hybridized carbons (Fsp3) is 0.0645. The second-order valence-electron chi connectivity index (χ2n) is 8.81. The molecular weight excluding hydrogens is 486 g/mol. The molecule has 39 heavy (non-hydrogen) atoms. The van der Waals surface area contributed by atoms with E-state index >= 15 is 0 Å². The van der Waals surface area contributed by atoms with Crippen LogP contribution in [0.2, 0.25) is 0 Å². The predicted molar refractivity (Wildman–Crippen MR) is 154 cm³/mol. The number of fused-ring (bicyclic) bond motifs is 1. The molecule has 3 aromatic carbocycles. The van der Waals surface area contributed by atoms with E-state index in [2.05, 4.69) is 54.7 Å². The fourth-order valence-corrected chi connectivity index (χ4v) is 4.41. The SMILES string of the molecule is CNc1nccc(-c2cccnc2Oc2ccc(N(C)c3nnc(-c4ccccc4)c4ccccc34)cc2)n1. The summed E-state index contributed by atoms with van der Waals surface area (Å²) in [6.45, 7) is 0. The van der Waals surface area contributed by atoms with E-state index in [1.165, 1.54) is 0 Å². The van der Waals surface area contributed by atoms with Crippen molar-refractivity contribution in [2.45, 2.75) is 0 Å². The van der Waals surface area contributed by atoms with Crippen molar-refractivity contribution in [1.82, 2.24) is 25.1 Å². The van der Waals surface area contributed by atoms with Crippen LogP contribution in [0.3, 0.4) is 0 Å². The van der Waals surface area contributed by atoms with Crippen molar-refractivity contribution >= 4 is 28.2 Å². The maximum Gasteiger partial charge on any atom is 0.228 e. The maximum absolute atomic E-state index is 6.17. The van der Waals surface area contributed by atoms with Crippen LogP contribution >= 0.6 is 0 Å². The van der Waals surface area contributed by atoms with Crippen LogP contribution in [0, 0.1) is 0 Å². The van der Waals surface area contributed by atoms with Crippen LogP contribution in [-0.4, -0.2) is 39.2 Å². The van der Waals surface area contributed by atoms with Crippen LogP contribution in [0.25, 0.3) is 33.3 Å². The molecule has 8 heteroatoms. The van der Waals surface area contributed by atoms with Crippen LogP contribution < -0.4 is 15.0 Å². The van der Waals surface area contributed by atoms with Gasteiger partial charge in [0, 0.05) is 48.5 Å².